The second kappa shape index (κ2) is 7.80. The molecule has 5 nitrogen and oxygen atoms in total. The molecule has 0 saturated heterocycles. The molecule has 2 amide bonds. The maximum absolute atomic E-state index is 12.4. The predicted molar refractivity (Wildman–Crippen MR) is 116 cm³/mol. The first-order chi connectivity index (χ1) is 13.1. The zero-order valence-corrected chi connectivity index (χ0v) is 17.4. The van der Waals surface area contributed by atoms with Crippen molar-refractivity contribution in [2.75, 3.05) is 11.1 Å². The van der Waals surface area contributed by atoms with Crippen LogP contribution in [0.3, 0.4) is 0 Å². The Kier molecular flexibility index (Phi) is 5.61. The number of rotatable bonds is 4. The van der Waals surface area contributed by atoms with Gasteiger partial charge < -0.3 is 16.8 Å². The highest BCUT2D eigenvalue weighted by Crippen LogP contribution is 2.44. The minimum absolute atomic E-state index is 0.208. The fraction of sp³-hybridized carbons (Fsp3) is 0.364. The Morgan fingerprint density at radius 1 is 1.21 bits per heavy atom. The lowest BCUT2D eigenvalue weighted by atomic mass is 9.72. The van der Waals surface area contributed by atoms with Crippen LogP contribution < -0.4 is 16.8 Å². The third kappa shape index (κ3) is 4.44. The highest BCUT2D eigenvalue weighted by atomic mass is 32.1. The summed E-state index contributed by atoms with van der Waals surface area (Å²) >= 11 is 1.48. The molecule has 2 aromatic rings. The van der Waals surface area contributed by atoms with Crippen LogP contribution >= 0.6 is 11.3 Å². The van der Waals surface area contributed by atoms with Gasteiger partial charge in [-0.3, -0.25) is 9.59 Å². The lowest BCUT2D eigenvalue weighted by Crippen LogP contribution is -2.27. The first-order valence-corrected chi connectivity index (χ1v) is 10.3. The molecular formula is C22H27N3O2S. The van der Waals surface area contributed by atoms with E-state index in [0.29, 0.717) is 22.2 Å². The Hall–Kier alpha value is -2.60. The number of nitrogens with one attached hydrogen (secondary N) is 1. The topological polar surface area (TPSA) is 98.2 Å². The third-order valence-electron chi connectivity index (χ3n) is 5.34. The van der Waals surface area contributed by atoms with Crippen LogP contribution in [0.5, 0.6) is 0 Å². The van der Waals surface area contributed by atoms with Crippen molar-refractivity contribution in [3.63, 3.8) is 0 Å². The van der Waals surface area contributed by atoms with E-state index in [0.717, 1.165) is 35.3 Å². The number of hydrogen-bond acceptors (Lipinski definition) is 4. The summed E-state index contributed by atoms with van der Waals surface area (Å²) in [6, 6.07) is 7.23. The minimum atomic E-state index is -0.482. The lowest BCUT2D eigenvalue weighted by Gasteiger charge is -2.33. The van der Waals surface area contributed by atoms with Gasteiger partial charge in [-0.25, -0.2) is 0 Å². The summed E-state index contributed by atoms with van der Waals surface area (Å²) in [5.74, 6) is -0.219. The van der Waals surface area contributed by atoms with Gasteiger partial charge in [0.2, 0.25) is 5.91 Å². The summed E-state index contributed by atoms with van der Waals surface area (Å²) in [6.45, 7) is 6.74. The molecule has 6 heteroatoms. The van der Waals surface area contributed by atoms with Gasteiger partial charge in [0.05, 0.1) is 5.56 Å². The van der Waals surface area contributed by atoms with E-state index in [9.17, 15) is 9.59 Å². The predicted octanol–water partition coefficient (Wildman–Crippen LogP) is 4.23. The first-order valence-electron chi connectivity index (χ1n) is 9.44. The average Bonchev–Trinajstić information content (AvgIpc) is 2.97. The molecule has 0 fully saturated rings. The Morgan fingerprint density at radius 2 is 1.89 bits per heavy atom. The van der Waals surface area contributed by atoms with Gasteiger partial charge in [0.15, 0.2) is 0 Å². The van der Waals surface area contributed by atoms with Gasteiger partial charge in [-0.05, 0) is 59.9 Å². The van der Waals surface area contributed by atoms with Crippen molar-refractivity contribution in [2.24, 2.45) is 17.1 Å². The number of nitrogens with two attached hydrogens (primary N) is 2. The van der Waals surface area contributed by atoms with Crippen molar-refractivity contribution in [3.8, 4) is 0 Å². The molecule has 0 aliphatic heterocycles. The molecule has 0 spiro atoms. The Bertz CT molecular complexity index is 920. The number of carbonyl (C=O) groups excluding carboxylic acids is 2. The molecule has 1 atom stereocenters. The zero-order valence-electron chi connectivity index (χ0n) is 16.5. The van der Waals surface area contributed by atoms with E-state index in [2.05, 4.69) is 26.1 Å². The summed E-state index contributed by atoms with van der Waals surface area (Å²) in [6.07, 6.45) is 5.93. The smallest absolute Gasteiger partial charge is 0.251 e. The molecule has 1 aliphatic rings. The number of thiophene rings is 1. The molecule has 3 rings (SSSR count). The molecule has 0 saturated carbocycles. The van der Waals surface area contributed by atoms with Crippen LogP contribution in [0.4, 0.5) is 10.7 Å². The second-order valence-corrected chi connectivity index (χ2v) is 9.47. The summed E-state index contributed by atoms with van der Waals surface area (Å²) < 4.78 is 0. The van der Waals surface area contributed by atoms with Crippen molar-refractivity contribution >= 4 is 39.9 Å². The van der Waals surface area contributed by atoms with Crippen LogP contribution in [0.25, 0.3) is 6.08 Å². The van der Waals surface area contributed by atoms with Crippen molar-refractivity contribution in [1.29, 1.82) is 0 Å². The third-order valence-corrected chi connectivity index (χ3v) is 6.51. The molecular weight excluding hydrogens is 370 g/mol. The van der Waals surface area contributed by atoms with E-state index in [4.69, 9.17) is 11.5 Å². The van der Waals surface area contributed by atoms with E-state index in [1.807, 2.05) is 12.1 Å². The molecule has 1 aromatic carbocycles. The van der Waals surface area contributed by atoms with Crippen molar-refractivity contribution < 1.29 is 9.59 Å². The number of anilines is 2. The van der Waals surface area contributed by atoms with E-state index in [-0.39, 0.29) is 11.3 Å². The number of benzene rings is 1. The van der Waals surface area contributed by atoms with Crippen LogP contribution in [0.2, 0.25) is 0 Å². The van der Waals surface area contributed by atoms with Crippen molar-refractivity contribution in [3.05, 3.63) is 51.9 Å². The molecule has 1 heterocycles. The van der Waals surface area contributed by atoms with Crippen LogP contribution in [-0.2, 0) is 17.6 Å². The van der Waals surface area contributed by atoms with Gasteiger partial charge in [-0.1, -0.05) is 32.9 Å². The molecule has 1 unspecified atom stereocenters. The summed E-state index contributed by atoms with van der Waals surface area (Å²) in [5.41, 5.74) is 14.6. The fourth-order valence-corrected chi connectivity index (χ4v) is 4.94. The van der Waals surface area contributed by atoms with E-state index in [1.165, 1.54) is 17.4 Å². The number of nitrogen functional groups attached to an aromatic ring is 1. The van der Waals surface area contributed by atoms with Crippen molar-refractivity contribution in [2.45, 2.75) is 40.0 Å². The van der Waals surface area contributed by atoms with Gasteiger partial charge in [-0.2, -0.15) is 0 Å². The first kappa shape index (κ1) is 20.1. The largest absolute Gasteiger partial charge is 0.399 e. The van der Waals surface area contributed by atoms with E-state index < -0.39 is 5.91 Å². The van der Waals surface area contributed by atoms with Gasteiger partial charge in [0, 0.05) is 16.6 Å². The van der Waals surface area contributed by atoms with Gasteiger partial charge in [0.1, 0.15) is 5.00 Å². The highest BCUT2D eigenvalue weighted by molar-refractivity contribution is 7.17. The SMILES string of the molecule is CC(C)(C)C1CCc2c(sc(NC(=O)/C=C/c3ccc(N)cc3)c2C(N)=O)C1. The second-order valence-electron chi connectivity index (χ2n) is 8.37. The number of hydrogen-bond donors (Lipinski definition) is 3. The molecule has 1 aliphatic carbocycles. The molecule has 1 aromatic heterocycles. The number of primary amides is 1. The average molecular weight is 398 g/mol. The normalized spacial score (nSPS) is 16.8. The summed E-state index contributed by atoms with van der Waals surface area (Å²) in [4.78, 5) is 25.6. The number of carbonyl (C=O) groups is 2. The maximum atomic E-state index is 12.4. The molecule has 0 bridgehead atoms. The minimum Gasteiger partial charge on any atom is -0.399 e. The van der Waals surface area contributed by atoms with E-state index >= 15 is 0 Å². The molecule has 0 radical (unpaired) electrons. The van der Waals surface area contributed by atoms with Gasteiger partial charge in [-0.15, -0.1) is 11.3 Å². The van der Waals surface area contributed by atoms with Gasteiger partial charge in [0.25, 0.3) is 5.91 Å². The molecule has 5 N–H and O–H groups in total. The fourth-order valence-electron chi connectivity index (χ4n) is 3.61. The maximum Gasteiger partial charge on any atom is 0.251 e. The Labute approximate surface area is 169 Å². The number of fused-ring (bicyclic) bond motifs is 1. The van der Waals surface area contributed by atoms with Gasteiger partial charge >= 0.3 is 0 Å². The van der Waals surface area contributed by atoms with Crippen LogP contribution in [0, 0.1) is 11.3 Å². The van der Waals surface area contributed by atoms with Crippen LogP contribution in [0.1, 0.15) is 53.6 Å². The quantitative estimate of drug-likeness (QED) is 0.532. The Balaban J connectivity index is 1.80. The summed E-state index contributed by atoms with van der Waals surface area (Å²) in [7, 11) is 0. The molecule has 148 valence electrons. The number of amides is 2. The van der Waals surface area contributed by atoms with Crippen LogP contribution in [0.15, 0.2) is 30.3 Å². The van der Waals surface area contributed by atoms with E-state index in [1.54, 1.807) is 18.2 Å². The Morgan fingerprint density at radius 3 is 2.50 bits per heavy atom. The summed E-state index contributed by atoms with van der Waals surface area (Å²) in [5, 5.41) is 3.41. The standard InChI is InChI=1S/C22H27N3O2S/c1-22(2,3)14-7-10-16-17(12-14)28-21(19(16)20(24)27)25-18(26)11-6-13-4-8-15(23)9-5-13/h4-6,8-9,11,14H,7,10,12,23H2,1-3H3,(H2,24,27)(H,25,26)/b11-6+. The zero-order chi connectivity index (χ0) is 20.5. The monoisotopic (exact) mass is 397 g/mol. The van der Waals surface area contributed by atoms with Crippen molar-refractivity contribution in [1.82, 2.24) is 0 Å². The van der Waals surface area contributed by atoms with Crippen LogP contribution in [-0.4, -0.2) is 11.8 Å². The lowest BCUT2D eigenvalue weighted by molar-refractivity contribution is -0.111. The molecule has 28 heavy (non-hydrogen) atoms. The highest BCUT2D eigenvalue weighted by Gasteiger charge is 2.33.